The molecule has 0 fully saturated rings. The lowest BCUT2D eigenvalue weighted by atomic mass is 10.3. The van der Waals surface area contributed by atoms with Gasteiger partial charge in [0.2, 0.25) is 0 Å². The SMILES string of the molecule is CCO[Si](CCCN(CCN(CCC[Si](OCC)(OCC)OCC)C(=O)O)C(=O)O)(OCC)OCC. The van der Waals surface area contributed by atoms with Crippen molar-refractivity contribution < 1.29 is 46.4 Å². The molecule has 36 heavy (non-hydrogen) atoms. The highest BCUT2D eigenvalue weighted by Crippen LogP contribution is 2.20. The van der Waals surface area contributed by atoms with Crippen LogP contribution in [0.5, 0.6) is 0 Å². The van der Waals surface area contributed by atoms with Crippen LogP contribution in [0.25, 0.3) is 0 Å². The van der Waals surface area contributed by atoms with E-state index < -0.39 is 29.8 Å². The van der Waals surface area contributed by atoms with E-state index >= 15 is 0 Å². The van der Waals surface area contributed by atoms with Crippen molar-refractivity contribution in [3.05, 3.63) is 0 Å². The van der Waals surface area contributed by atoms with Crippen LogP contribution in [-0.2, 0) is 26.6 Å². The largest absolute Gasteiger partial charge is 0.500 e. The standard InChI is InChI=1S/C22H48N2O10Si2/c1-7-29-35(30-8-2,31-9-3)19-13-15-23(21(25)26)17-18-24(22(27)28)16-14-20-36(32-10-4,33-11-5)34-12-6/h7-20H2,1-6H3,(H,25,26)(H,27,28). The maximum atomic E-state index is 11.8. The molecular weight excluding hydrogens is 508 g/mol. The monoisotopic (exact) mass is 556 g/mol. The molecule has 0 aliphatic heterocycles. The highest BCUT2D eigenvalue weighted by molar-refractivity contribution is 6.61. The van der Waals surface area contributed by atoms with Crippen molar-refractivity contribution >= 4 is 29.8 Å². The van der Waals surface area contributed by atoms with Crippen LogP contribution in [0, 0.1) is 0 Å². The van der Waals surface area contributed by atoms with E-state index in [0.717, 1.165) is 0 Å². The van der Waals surface area contributed by atoms with Gasteiger partial charge in [0.1, 0.15) is 0 Å². The molecule has 0 radical (unpaired) electrons. The van der Waals surface area contributed by atoms with Gasteiger partial charge in [-0.2, -0.15) is 0 Å². The molecule has 0 unspecified atom stereocenters. The second-order valence-electron chi connectivity index (χ2n) is 7.71. The molecule has 2 amide bonds. The van der Waals surface area contributed by atoms with E-state index in [1.165, 1.54) is 9.80 Å². The van der Waals surface area contributed by atoms with E-state index in [0.29, 0.717) is 64.6 Å². The minimum Gasteiger partial charge on any atom is -0.465 e. The zero-order chi connectivity index (χ0) is 27.5. The van der Waals surface area contributed by atoms with Gasteiger partial charge in [-0.25, -0.2) is 9.59 Å². The van der Waals surface area contributed by atoms with Gasteiger partial charge in [-0.1, -0.05) is 0 Å². The van der Waals surface area contributed by atoms with Crippen molar-refractivity contribution in [2.45, 2.75) is 66.5 Å². The molecular formula is C22H48N2O10Si2. The third kappa shape index (κ3) is 13.3. The summed E-state index contributed by atoms with van der Waals surface area (Å²) in [7, 11) is -5.74. The number of rotatable bonds is 23. The van der Waals surface area contributed by atoms with Crippen molar-refractivity contribution in [1.29, 1.82) is 0 Å². The molecule has 0 aromatic carbocycles. The molecule has 0 aromatic rings. The summed E-state index contributed by atoms with van der Waals surface area (Å²) in [5, 5.41) is 19.3. The average Bonchev–Trinajstić information content (AvgIpc) is 2.80. The van der Waals surface area contributed by atoms with E-state index in [4.69, 9.17) is 26.6 Å². The van der Waals surface area contributed by atoms with Crippen LogP contribution in [0.1, 0.15) is 54.4 Å². The van der Waals surface area contributed by atoms with Gasteiger partial charge < -0.3 is 46.6 Å². The maximum absolute atomic E-state index is 11.8. The fourth-order valence-corrected chi connectivity index (χ4v) is 9.01. The van der Waals surface area contributed by atoms with Gasteiger partial charge in [0.05, 0.1) is 0 Å². The van der Waals surface area contributed by atoms with Crippen molar-refractivity contribution in [2.75, 3.05) is 65.8 Å². The Morgan fingerprint density at radius 3 is 0.972 bits per heavy atom. The third-order valence-corrected chi connectivity index (χ3v) is 11.5. The number of carbonyl (C=O) groups is 2. The van der Waals surface area contributed by atoms with Gasteiger partial charge in [0.15, 0.2) is 0 Å². The zero-order valence-corrected chi connectivity index (χ0v) is 25.0. The first-order valence-electron chi connectivity index (χ1n) is 13.0. The Morgan fingerprint density at radius 2 is 0.778 bits per heavy atom. The van der Waals surface area contributed by atoms with Crippen molar-refractivity contribution in [2.24, 2.45) is 0 Å². The quantitative estimate of drug-likeness (QED) is 0.179. The highest BCUT2D eigenvalue weighted by Gasteiger charge is 2.41. The normalized spacial score (nSPS) is 12.1. The van der Waals surface area contributed by atoms with Crippen molar-refractivity contribution in [3.8, 4) is 0 Å². The Labute approximate surface area is 218 Å². The van der Waals surface area contributed by atoms with E-state index in [1.807, 2.05) is 41.5 Å². The summed E-state index contributed by atoms with van der Waals surface area (Å²) < 4.78 is 34.9. The predicted molar refractivity (Wildman–Crippen MR) is 139 cm³/mol. The summed E-state index contributed by atoms with van der Waals surface area (Å²) in [6.07, 6.45) is -1.24. The van der Waals surface area contributed by atoms with Gasteiger partial charge in [0.25, 0.3) is 0 Å². The van der Waals surface area contributed by atoms with Gasteiger partial charge in [-0.15, -0.1) is 0 Å². The maximum Gasteiger partial charge on any atom is 0.500 e. The smallest absolute Gasteiger partial charge is 0.465 e. The van der Waals surface area contributed by atoms with Gasteiger partial charge in [-0.05, 0) is 54.4 Å². The zero-order valence-electron chi connectivity index (χ0n) is 23.0. The van der Waals surface area contributed by atoms with E-state index in [-0.39, 0.29) is 26.2 Å². The molecule has 0 atom stereocenters. The lowest BCUT2D eigenvalue weighted by Crippen LogP contribution is -2.47. The van der Waals surface area contributed by atoms with Crippen LogP contribution >= 0.6 is 0 Å². The number of carboxylic acid groups (broad SMARTS) is 2. The van der Waals surface area contributed by atoms with E-state index in [1.54, 1.807) is 0 Å². The number of amides is 2. The molecule has 0 heterocycles. The fraction of sp³-hybridized carbons (Fsp3) is 0.909. The Morgan fingerprint density at radius 1 is 0.528 bits per heavy atom. The number of nitrogens with zero attached hydrogens (tertiary/aromatic N) is 2. The summed E-state index contributed by atoms with van der Waals surface area (Å²) in [6, 6.07) is 0.960. The molecule has 0 aromatic heterocycles. The first kappa shape index (κ1) is 34.7. The Balaban J connectivity index is 5.00. The van der Waals surface area contributed by atoms with E-state index in [2.05, 4.69) is 0 Å². The van der Waals surface area contributed by atoms with Gasteiger partial charge in [-0.3, -0.25) is 0 Å². The predicted octanol–water partition coefficient (Wildman–Crippen LogP) is 3.82. The average molecular weight is 557 g/mol. The van der Waals surface area contributed by atoms with Crippen LogP contribution in [0.3, 0.4) is 0 Å². The fourth-order valence-electron chi connectivity index (χ4n) is 3.82. The molecule has 0 aliphatic carbocycles. The first-order chi connectivity index (χ1) is 17.2. The molecule has 2 N–H and O–H groups in total. The van der Waals surface area contributed by atoms with Crippen LogP contribution in [-0.4, -0.2) is 116 Å². The third-order valence-electron chi connectivity index (χ3n) is 5.19. The summed E-state index contributed by atoms with van der Waals surface area (Å²) in [6.45, 7) is 14.4. The Kier molecular flexibility index (Phi) is 19.1. The van der Waals surface area contributed by atoms with Crippen molar-refractivity contribution in [1.82, 2.24) is 9.80 Å². The summed E-state index contributed by atoms with van der Waals surface area (Å²) in [4.78, 5) is 26.1. The second kappa shape index (κ2) is 19.8. The first-order valence-corrected chi connectivity index (χ1v) is 16.8. The number of hydrogen-bond donors (Lipinski definition) is 2. The summed E-state index contributed by atoms with van der Waals surface area (Å²) >= 11 is 0. The Bertz CT molecular complexity index is 519. The lowest BCUT2D eigenvalue weighted by molar-refractivity contribution is 0.0681. The minimum atomic E-state index is -2.87. The molecule has 0 saturated carbocycles. The molecule has 0 bridgehead atoms. The van der Waals surface area contributed by atoms with Crippen LogP contribution < -0.4 is 0 Å². The lowest BCUT2D eigenvalue weighted by Gasteiger charge is -2.30. The molecule has 0 spiro atoms. The van der Waals surface area contributed by atoms with Gasteiger partial charge >= 0.3 is 29.8 Å². The molecule has 214 valence electrons. The second-order valence-corrected chi connectivity index (χ2v) is 13.2. The van der Waals surface area contributed by atoms with Crippen LogP contribution in [0.2, 0.25) is 12.1 Å². The summed E-state index contributed by atoms with van der Waals surface area (Å²) in [5.74, 6) is 0. The molecule has 0 saturated heterocycles. The summed E-state index contributed by atoms with van der Waals surface area (Å²) in [5.41, 5.74) is 0. The topological polar surface area (TPSA) is 136 Å². The van der Waals surface area contributed by atoms with Crippen LogP contribution in [0.15, 0.2) is 0 Å². The molecule has 14 heteroatoms. The number of hydrogen-bond acceptors (Lipinski definition) is 8. The van der Waals surface area contributed by atoms with E-state index in [9.17, 15) is 19.8 Å². The molecule has 0 aliphatic rings. The Hall–Kier alpha value is -1.27. The highest BCUT2D eigenvalue weighted by atomic mass is 28.4. The van der Waals surface area contributed by atoms with Gasteiger partial charge in [0, 0.05) is 77.9 Å². The molecule has 12 nitrogen and oxygen atoms in total. The molecule has 0 rings (SSSR count). The van der Waals surface area contributed by atoms with Crippen LogP contribution in [0.4, 0.5) is 9.59 Å². The minimum absolute atomic E-state index is 0.0546. The van der Waals surface area contributed by atoms with Crippen molar-refractivity contribution in [3.63, 3.8) is 0 Å².